The van der Waals surface area contributed by atoms with Crippen LogP contribution in [0, 0.1) is 17.5 Å². The summed E-state index contributed by atoms with van der Waals surface area (Å²) in [4.78, 5) is 12.8. The second-order valence-electron chi connectivity index (χ2n) is 8.16. The maximum atomic E-state index is 14.1. The van der Waals surface area contributed by atoms with Gasteiger partial charge in [-0.05, 0) is 74.1 Å². The van der Waals surface area contributed by atoms with Crippen molar-refractivity contribution in [3.8, 4) is 11.3 Å². The molecule has 0 aliphatic heterocycles. The Morgan fingerprint density at radius 2 is 1.80 bits per heavy atom. The number of aromatic amines is 1. The number of benzene rings is 2. The molecule has 3 aromatic rings. The highest BCUT2D eigenvalue weighted by Gasteiger charge is 2.27. The van der Waals surface area contributed by atoms with E-state index in [0.29, 0.717) is 23.2 Å². The van der Waals surface area contributed by atoms with E-state index in [1.807, 2.05) is 0 Å². The highest BCUT2D eigenvalue weighted by molar-refractivity contribution is 5.92. The second-order valence-corrected chi connectivity index (χ2v) is 8.16. The first-order valence-electron chi connectivity index (χ1n) is 9.84. The Labute approximate surface area is 173 Å². The molecule has 1 amide bonds. The third-order valence-electron chi connectivity index (χ3n) is 5.36. The molecule has 0 bridgehead atoms. The second kappa shape index (κ2) is 8.92. The van der Waals surface area contributed by atoms with Gasteiger partial charge < -0.3 is 15.4 Å². The smallest absolute Gasteiger partial charge is 0.207 e. The van der Waals surface area contributed by atoms with Crippen LogP contribution in [0.1, 0.15) is 44.6 Å². The topological polar surface area (TPSA) is 65.1 Å². The summed E-state index contributed by atoms with van der Waals surface area (Å²) in [6, 6.07) is 8.35. The van der Waals surface area contributed by atoms with Crippen molar-refractivity contribution in [2.45, 2.75) is 44.6 Å². The van der Waals surface area contributed by atoms with E-state index in [4.69, 9.17) is 5.11 Å². The van der Waals surface area contributed by atoms with Gasteiger partial charge in [0, 0.05) is 11.5 Å². The van der Waals surface area contributed by atoms with Gasteiger partial charge in [0.2, 0.25) is 6.41 Å². The molecule has 1 aliphatic rings. The van der Waals surface area contributed by atoms with Gasteiger partial charge in [0.05, 0.1) is 23.4 Å². The lowest BCUT2D eigenvalue weighted by Crippen LogP contribution is -2.41. The molecule has 0 atom stereocenters. The number of amides is 1. The molecule has 1 fully saturated rings. The van der Waals surface area contributed by atoms with Crippen molar-refractivity contribution in [1.82, 2.24) is 10.3 Å². The zero-order chi connectivity index (χ0) is 21.9. The lowest BCUT2D eigenvalue weighted by molar-refractivity contribution is -0.111. The Morgan fingerprint density at radius 3 is 2.30 bits per heavy atom. The molecule has 2 aromatic carbocycles. The molecule has 1 heterocycles. The fourth-order valence-electron chi connectivity index (χ4n) is 3.41. The third-order valence-corrected chi connectivity index (χ3v) is 5.36. The van der Waals surface area contributed by atoms with Crippen LogP contribution < -0.4 is 5.32 Å². The van der Waals surface area contributed by atoms with Crippen molar-refractivity contribution in [2.24, 2.45) is 0 Å². The van der Waals surface area contributed by atoms with E-state index >= 15 is 0 Å². The molecule has 0 radical (unpaired) electrons. The monoisotopic (exact) mass is 418 g/mol. The van der Waals surface area contributed by atoms with Gasteiger partial charge in [-0.3, -0.25) is 4.79 Å². The molecule has 3 N–H and O–H groups in total. The van der Waals surface area contributed by atoms with Crippen LogP contribution in [0.15, 0.2) is 36.4 Å². The van der Waals surface area contributed by atoms with Gasteiger partial charge in [-0.15, -0.1) is 0 Å². The molecule has 1 aliphatic carbocycles. The number of carbonyl (C=O) groups is 1. The van der Waals surface area contributed by atoms with Crippen LogP contribution >= 0.6 is 0 Å². The number of halogens is 3. The van der Waals surface area contributed by atoms with E-state index in [1.54, 1.807) is 26.0 Å². The highest BCUT2D eigenvalue weighted by Crippen LogP contribution is 2.45. The fourth-order valence-corrected chi connectivity index (χ4v) is 3.41. The number of hydrogen-bond acceptors (Lipinski definition) is 2. The Morgan fingerprint density at radius 1 is 1.13 bits per heavy atom. The number of rotatable bonds is 5. The quantitative estimate of drug-likeness (QED) is 0.509. The van der Waals surface area contributed by atoms with Crippen LogP contribution in [0.25, 0.3) is 22.2 Å². The average Bonchev–Trinajstić information content (AvgIpc) is 3.01. The molecule has 0 unspecified atom stereocenters. The van der Waals surface area contributed by atoms with E-state index in [2.05, 4.69) is 10.3 Å². The summed E-state index contributed by atoms with van der Waals surface area (Å²) < 4.78 is 40.8. The first-order chi connectivity index (χ1) is 14.3. The number of aliphatic hydroxyl groups excluding tert-OH is 1. The number of aliphatic hydroxyl groups is 1. The minimum atomic E-state index is -0.594. The minimum Gasteiger partial charge on any atom is -0.394 e. The standard InChI is InChI=1S/C18H14F3N.C5H11NO2/c19-12-6-4-11(5-7-12)17-16(10-2-1-3-10)14-8-13(20)9-15(21)18(14)22-17;1-5(2,3-7)6-4-8/h4-10,22H,1-3H2;4,7H,3H2,1-2H3,(H,6,8). The van der Waals surface area contributed by atoms with Crippen molar-refractivity contribution in [2.75, 3.05) is 6.61 Å². The lowest BCUT2D eigenvalue weighted by atomic mass is 9.78. The summed E-state index contributed by atoms with van der Waals surface area (Å²) in [5.74, 6) is -1.18. The van der Waals surface area contributed by atoms with E-state index in [-0.39, 0.29) is 12.4 Å². The largest absolute Gasteiger partial charge is 0.394 e. The lowest BCUT2D eigenvalue weighted by Gasteiger charge is -2.26. The van der Waals surface area contributed by atoms with Crippen molar-refractivity contribution in [1.29, 1.82) is 0 Å². The normalized spacial score (nSPS) is 14.1. The van der Waals surface area contributed by atoms with E-state index in [1.165, 1.54) is 18.2 Å². The van der Waals surface area contributed by atoms with Crippen LogP contribution in [0.4, 0.5) is 13.2 Å². The van der Waals surface area contributed by atoms with Crippen LogP contribution in [0.3, 0.4) is 0 Å². The molecule has 1 aromatic heterocycles. The van der Waals surface area contributed by atoms with E-state index in [0.717, 1.165) is 42.1 Å². The van der Waals surface area contributed by atoms with Crippen LogP contribution in [-0.2, 0) is 4.79 Å². The number of H-pyrrole nitrogens is 1. The Kier molecular flexibility index (Phi) is 6.51. The number of nitrogens with one attached hydrogen (secondary N) is 2. The van der Waals surface area contributed by atoms with Crippen molar-refractivity contribution in [3.63, 3.8) is 0 Å². The molecule has 7 heteroatoms. The summed E-state index contributed by atoms with van der Waals surface area (Å²) in [7, 11) is 0. The van der Waals surface area contributed by atoms with Crippen LogP contribution in [0.2, 0.25) is 0 Å². The SMILES string of the molecule is CC(C)(CO)NC=O.Fc1ccc(-c2[nH]c3c(F)cc(F)cc3c2C2CCC2)cc1. The third kappa shape index (κ3) is 4.67. The average molecular weight is 418 g/mol. The molecule has 4 rings (SSSR count). The summed E-state index contributed by atoms with van der Waals surface area (Å²) in [6.45, 7) is 3.44. The van der Waals surface area contributed by atoms with Gasteiger partial charge in [0.1, 0.15) is 17.5 Å². The van der Waals surface area contributed by atoms with Crippen molar-refractivity contribution >= 4 is 17.3 Å². The maximum Gasteiger partial charge on any atom is 0.207 e. The first-order valence-corrected chi connectivity index (χ1v) is 9.84. The molecule has 160 valence electrons. The van der Waals surface area contributed by atoms with Crippen LogP contribution in [0.5, 0.6) is 0 Å². The summed E-state index contributed by atoms with van der Waals surface area (Å²) >= 11 is 0. The van der Waals surface area contributed by atoms with E-state index < -0.39 is 17.2 Å². The predicted octanol–water partition coefficient (Wildman–Crippen LogP) is 5.02. The maximum absolute atomic E-state index is 14.1. The minimum absolute atomic E-state index is 0.0360. The van der Waals surface area contributed by atoms with E-state index in [9.17, 15) is 18.0 Å². The number of carbonyl (C=O) groups excluding carboxylic acids is 1. The first kappa shape index (κ1) is 21.9. The van der Waals surface area contributed by atoms with Crippen molar-refractivity contribution in [3.05, 3.63) is 59.4 Å². The van der Waals surface area contributed by atoms with Crippen molar-refractivity contribution < 1.29 is 23.1 Å². The van der Waals surface area contributed by atoms with Gasteiger partial charge in [-0.25, -0.2) is 13.2 Å². The Bertz CT molecular complexity index is 1030. The van der Waals surface area contributed by atoms with Gasteiger partial charge in [0.15, 0.2) is 0 Å². The summed E-state index contributed by atoms with van der Waals surface area (Å²) in [5.41, 5.74) is 2.36. The summed E-state index contributed by atoms with van der Waals surface area (Å²) in [5, 5.41) is 11.5. The van der Waals surface area contributed by atoms with Gasteiger partial charge in [-0.1, -0.05) is 6.42 Å². The number of hydrogen-bond donors (Lipinski definition) is 3. The Hall–Kier alpha value is -2.80. The fraction of sp³-hybridized carbons (Fsp3) is 0.348. The molecular weight excluding hydrogens is 393 g/mol. The number of fused-ring (bicyclic) bond motifs is 1. The molecule has 1 saturated carbocycles. The zero-order valence-electron chi connectivity index (χ0n) is 16.9. The summed E-state index contributed by atoms with van der Waals surface area (Å²) in [6.07, 6.45) is 3.73. The number of aromatic nitrogens is 1. The highest BCUT2D eigenvalue weighted by atomic mass is 19.1. The van der Waals surface area contributed by atoms with Gasteiger partial charge in [-0.2, -0.15) is 0 Å². The van der Waals surface area contributed by atoms with Gasteiger partial charge in [0.25, 0.3) is 0 Å². The van der Waals surface area contributed by atoms with Crippen LogP contribution in [-0.4, -0.2) is 28.6 Å². The molecule has 30 heavy (non-hydrogen) atoms. The molecule has 0 saturated heterocycles. The molecule has 4 nitrogen and oxygen atoms in total. The van der Waals surface area contributed by atoms with Gasteiger partial charge >= 0.3 is 0 Å². The Balaban J connectivity index is 0.000000275. The molecular formula is C23H25F3N2O2. The predicted molar refractivity (Wildman–Crippen MR) is 111 cm³/mol. The molecule has 0 spiro atoms. The zero-order valence-corrected chi connectivity index (χ0v) is 16.9.